The zero-order chi connectivity index (χ0) is 22.3. The van der Waals surface area contributed by atoms with Gasteiger partial charge in [0.05, 0.1) is 16.2 Å². The van der Waals surface area contributed by atoms with E-state index in [1.165, 1.54) is 23.5 Å². The highest BCUT2D eigenvalue weighted by Gasteiger charge is 2.25. The minimum absolute atomic E-state index is 0.0956. The summed E-state index contributed by atoms with van der Waals surface area (Å²) in [5.74, 6) is -0.179. The van der Waals surface area contributed by atoms with Crippen molar-refractivity contribution in [1.29, 1.82) is 0 Å². The first-order valence-electron chi connectivity index (χ1n) is 9.64. The molecule has 4 rings (SSSR count). The fourth-order valence-corrected chi connectivity index (χ4v) is 4.80. The van der Waals surface area contributed by atoms with Crippen molar-refractivity contribution in [2.75, 3.05) is 34.2 Å². The quantitative estimate of drug-likeness (QED) is 0.378. The van der Waals surface area contributed by atoms with Crippen molar-refractivity contribution in [3.8, 4) is 17.1 Å². The molecule has 0 bridgehead atoms. The molecule has 0 saturated heterocycles. The van der Waals surface area contributed by atoms with Crippen LogP contribution in [0.15, 0.2) is 52.5 Å². The molecule has 0 unspecified atom stereocenters. The van der Waals surface area contributed by atoms with Gasteiger partial charge in [-0.05, 0) is 43.5 Å². The van der Waals surface area contributed by atoms with Gasteiger partial charge in [-0.2, -0.15) is 4.31 Å². The molecule has 2 aromatic heterocycles. The molecular formula is C21H23N5O4S. The van der Waals surface area contributed by atoms with E-state index >= 15 is 0 Å². The highest BCUT2D eigenvalue weighted by molar-refractivity contribution is 7.89. The van der Waals surface area contributed by atoms with E-state index in [-0.39, 0.29) is 16.5 Å². The summed E-state index contributed by atoms with van der Waals surface area (Å²) < 4.78 is 27.4. The molecule has 9 nitrogen and oxygen atoms in total. The van der Waals surface area contributed by atoms with E-state index in [0.717, 1.165) is 0 Å². The summed E-state index contributed by atoms with van der Waals surface area (Å²) in [6.07, 6.45) is 0. The van der Waals surface area contributed by atoms with E-state index in [1.807, 2.05) is 25.1 Å². The van der Waals surface area contributed by atoms with E-state index in [2.05, 4.69) is 15.1 Å². The number of H-pyrrole nitrogens is 2. The van der Waals surface area contributed by atoms with Crippen molar-refractivity contribution in [3.05, 3.63) is 47.4 Å². The Kier molecular flexibility index (Phi) is 5.29. The molecule has 4 aromatic rings. The maximum Gasteiger partial charge on any atom is 0.242 e. The topological polar surface area (TPSA) is 122 Å². The number of para-hydroxylation sites is 1. The van der Waals surface area contributed by atoms with Gasteiger partial charge in [-0.3, -0.25) is 0 Å². The van der Waals surface area contributed by atoms with Crippen molar-refractivity contribution in [1.82, 2.24) is 19.2 Å². The molecule has 2 aromatic carbocycles. The van der Waals surface area contributed by atoms with Gasteiger partial charge in [-0.25, -0.2) is 8.42 Å². The molecule has 0 aliphatic carbocycles. The maximum absolute atomic E-state index is 13.1. The van der Waals surface area contributed by atoms with Crippen LogP contribution in [0.1, 0.15) is 0 Å². The summed E-state index contributed by atoms with van der Waals surface area (Å²) in [5.41, 5.74) is 2.01. The number of likely N-dealkylation sites (N-methyl/N-ethyl adjacent to an activating group) is 2. The number of nitrogens with one attached hydrogen (secondary N) is 2. The number of hydrogen-bond acceptors (Lipinski definition) is 6. The molecular weight excluding hydrogens is 418 g/mol. The van der Waals surface area contributed by atoms with Crippen molar-refractivity contribution >= 4 is 37.5 Å². The first kappa shape index (κ1) is 21.0. The fourth-order valence-electron chi connectivity index (χ4n) is 3.61. The number of hydrogen-bond donors (Lipinski definition) is 3. The summed E-state index contributed by atoms with van der Waals surface area (Å²) in [4.78, 5) is 19.6. The van der Waals surface area contributed by atoms with Crippen LogP contribution in [-0.4, -0.2) is 66.9 Å². The molecule has 0 aliphatic rings. The molecule has 10 heteroatoms. The predicted molar refractivity (Wildman–Crippen MR) is 121 cm³/mol. The van der Waals surface area contributed by atoms with E-state index in [9.17, 15) is 18.4 Å². The third-order valence-corrected chi connectivity index (χ3v) is 7.19. The Bertz CT molecular complexity index is 1390. The number of nitroso groups, excluding NO2 is 1. The average Bonchev–Trinajstić information content (AvgIpc) is 3.26. The highest BCUT2D eigenvalue weighted by atomic mass is 32.2. The number of rotatable bonds is 7. The second kappa shape index (κ2) is 7.80. The maximum atomic E-state index is 13.1. The number of nitrogens with zero attached hydrogens (tertiary/aromatic N) is 3. The lowest BCUT2D eigenvalue weighted by atomic mass is 10.1. The van der Waals surface area contributed by atoms with Crippen molar-refractivity contribution in [3.63, 3.8) is 0 Å². The molecule has 2 heterocycles. The van der Waals surface area contributed by atoms with Crippen LogP contribution >= 0.6 is 0 Å². The largest absolute Gasteiger partial charge is 0.494 e. The fraction of sp³-hybridized carbons (Fsp3) is 0.238. The average molecular weight is 442 g/mol. The molecule has 0 spiro atoms. The van der Waals surface area contributed by atoms with Gasteiger partial charge < -0.3 is 20.0 Å². The second-order valence-corrected chi connectivity index (χ2v) is 9.72. The van der Waals surface area contributed by atoms with Crippen molar-refractivity contribution in [2.45, 2.75) is 4.90 Å². The number of aromatic nitrogens is 2. The normalized spacial score (nSPS) is 12.4. The van der Waals surface area contributed by atoms with E-state index in [4.69, 9.17) is 0 Å². The number of aromatic amines is 2. The summed E-state index contributed by atoms with van der Waals surface area (Å²) in [6, 6.07) is 11.8. The zero-order valence-electron chi connectivity index (χ0n) is 17.4. The van der Waals surface area contributed by atoms with Crippen LogP contribution < -0.4 is 0 Å². The van der Waals surface area contributed by atoms with Crippen LogP contribution in [0.25, 0.3) is 33.1 Å². The minimum atomic E-state index is -3.74. The molecule has 0 atom stereocenters. The summed E-state index contributed by atoms with van der Waals surface area (Å²) in [5, 5.41) is 14.8. The number of sulfonamides is 1. The van der Waals surface area contributed by atoms with Gasteiger partial charge in [-0.1, -0.05) is 18.2 Å². The molecule has 0 radical (unpaired) electrons. The van der Waals surface area contributed by atoms with Gasteiger partial charge in [0, 0.05) is 41.9 Å². The monoisotopic (exact) mass is 441 g/mol. The van der Waals surface area contributed by atoms with Crippen molar-refractivity contribution < 1.29 is 13.5 Å². The van der Waals surface area contributed by atoms with E-state index in [1.54, 1.807) is 24.3 Å². The molecule has 0 aliphatic heterocycles. The third kappa shape index (κ3) is 3.58. The minimum Gasteiger partial charge on any atom is -0.494 e. The Balaban J connectivity index is 1.88. The van der Waals surface area contributed by atoms with Crippen LogP contribution in [0.4, 0.5) is 5.69 Å². The van der Waals surface area contributed by atoms with Crippen LogP contribution in [0.3, 0.4) is 0 Å². The smallest absolute Gasteiger partial charge is 0.242 e. The lowest BCUT2D eigenvalue weighted by Crippen LogP contribution is -2.33. The van der Waals surface area contributed by atoms with Crippen molar-refractivity contribution in [2.24, 2.45) is 5.18 Å². The first-order chi connectivity index (χ1) is 14.7. The summed E-state index contributed by atoms with van der Waals surface area (Å²) in [7, 11) is 1.54. The summed E-state index contributed by atoms with van der Waals surface area (Å²) >= 11 is 0. The molecule has 0 amide bonds. The lowest BCUT2D eigenvalue weighted by molar-refractivity contribution is 0.358. The number of aromatic hydroxyl groups is 1. The third-order valence-electron chi connectivity index (χ3n) is 5.34. The Morgan fingerprint density at radius 2 is 1.68 bits per heavy atom. The molecule has 31 heavy (non-hydrogen) atoms. The van der Waals surface area contributed by atoms with Gasteiger partial charge in [0.1, 0.15) is 5.69 Å². The van der Waals surface area contributed by atoms with E-state index in [0.29, 0.717) is 46.2 Å². The van der Waals surface area contributed by atoms with Gasteiger partial charge in [0.15, 0.2) is 5.88 Å². The van der Waals surface area contributed by atoms with E-state index < -0.39 is 10.0 Å². The first-order valence-corrected chi connectivity index (χ1v) is 11.1. The molecule has 3 N–H and O–H groups in total. The Labute approximate surface area is 179 Å². The van der Waals surface area contributed by atoms with Crippen LogP contribution in [0, 0.1) is 4.91 Å². The lowest BCUT2D eigenvalue weighted by Gasteiger charge is -2.19. The standard InChI is InChI=1S/C21H23N5O4S/c1-25(2)10-11-26(3)31(29,30)13-8-9-17-15(12-13)18(21(27)23-17)20-19(24-28)14-6-4-5-7-16(14)22-20/h4-9,12,22-23,27H,10-11H2,1-3H3. The molecule has 0 saturated carbocycles. The number of benzene rings is 2. The van der Waals surface area contributed by atoms with Crippen LogP contribution in [0.2, 0.25) is 0 Å². The number of fused-ring (bicyclic) bond motifs is 2. The predicted octanol–water partition coefficient (Wildman–Crippen LogP) is 3.60. The Hall–Kier alpha value is -3.21. The SMILES string of the molecule is CN(C)CCN(C)S(=O)(=O)c1ccc2[nH]c(O)c(-c3[nH]c4ccccc4c3N=O)c2c1. The van der Waals surface area contributed by atoms with Gasteiger partial charge >= 0.3 is 0 Å². The van der Waals surface area contributed by atoms with Crippen LogP contribution in [0.5, 0.6) is 5.88 Å². The van der Waals surface area contributed by atoms with Gasteiger partial charge in [0.2, 0.25) is 10.0 Å². The molecule has 0 fully saturated rings. The highest BCUT2D eigenvalue weighted by Crippen LogP contribution is 2.44. The Morgan fingerprint density at radius 1 is 0.968 bits per heavy atom. The van der Waals surface area contributed by atoms with Gasteiger partial charge in [0.25, 0.3) is 0 Å². The summed E-state index contributed by atoms with van der Waals surface area (Å²) in [6.45, 7) is 0.914. The van der Waals surface area contributed by atoms with Gasteiger partial charge in [-0.15, -0.1) is 4.91 Å². The molecule has 162 valence electrons. The zero-order valence-corrected chi connectivity index (χ0v) is 18.2. The van der Waals surface area contributed by atoms with Crippen LogP contribution in [-0.2, 0) is 10.0 Å². The Morgan fingerprint density at radius 3 is 2.39 bits per heavy atom. The second-order valence-electron chi connectivity index (χ2n) is 7.67.